The molecule has 0 aliphatic carbocycles. The summed E-state index contributed by atoms with van der Waals surface area (Å²) in [5, 5.41) is 2.99. The van der Waals surface area contributed by atoms with Gasteiger partial charge >= 0.3 is 0 Å². The molecule has 2 unspecified atom stereocenters. The molecule has 1 amide bonds. The van der Waals surface area contributed by atoms with E-state index in [1.807, 2.05) is 25.1 Å². The summed E-state index contributed by atoms with van der Waals surface area (Å²) in [4.78, 5) is 12.1. The molecule has 2 atom stereocenters. The lowest BCUT2D eigenvalue weighted by molar-refractivity contribution is -0.119. The van der Waals surface area contributed by atoms with Gasteiger partial charge in [0, 0.05) is 18.3 Å². The van der Waals surface area contributed by atoms with Gasteiger partial charge in [-0.05, 0) is 30.5 Å². The fourth-order valence-electron chi connectivity index (χ4n) is 2.14. The van der Waals surface area contributed by atoms with E-state index in [2.05, 4.69) is 36.1 Å². The smallest absolute Gasteiger partial charge is 0.230 e. The fraction of sp³-hybridized carbons (Fsp3) is 0.500. The first-order valence-electron chi connectivity index (χ1n) is 6.47. The lowest BCUT2D eigenvalue weighted by atomic mass is 10.0. The van der Waals surface area contributed by atoms with Crippen molar-refractivity contribution in [1.29, 1.82) is 0 Å². The Kier molecular flexibility index (Phi) is 3.99. The number of hydrogen-bond donors (Lipinski definition) is 3. The minimum Gasteiger partial charge on any atom is -0.326 e. The Morgan fingerprint density at radius 2 is 2.22 bits per heavy atom. The maximum absolute atomic E-state index is 12.1. The Labute approximate surface area is 108 Å². The third kappa shape index (κ3) is 2.89. The molecule has 1 saturated heterocycles. The molecule has 3 N–H and O–H groups in total. The molecule has 4 nitrogen and oxygen atoms in total. The third-order valence-corrected chi connectivity index (χ3v) is 3.41. The summed E-state index contributed by atoms with van der Waals surface area (Å²) in [7, 11) is 0. The zero-order valence-corrected chi connectivity index (χ0v) is 11.2. The lowest BCUT2D eigenvalue weighted by Gasteiger charge is -2.15. The first kappa shape index (κ1) is 13.1. The second kappa shape index (κ2) is 5.50. The molecule has 0 aromatic heterocycles. The van der Waals surface area contributed by atoms with E-state index < -0.39 is 0 Å². The summed E-state index contributed by atoms with van der Waals surface area (Å²) in [5.41, 5.74) is 8.18. The predicted octanol–water partition coefficient (Wildman–Crippen LogP) is 1.86. The number of carbonyl (C=O) groups is 1. The van der Waals surface area contributed by atoms with Crippen LogP contribution < -0.4 is 16.2 Å². The highest BCUT2D eigenvalue weighted by Crippen LogP contribution is 2.19. The van der Waals surface area contributed by atoms with Crippen molar-refractivity contribution in [2.45, 2.75) is 32.7 Å². The van der Waals surface area contributed by atoms with Crippen LogP contribution in [-0.2, 0) is 4.79 Å². The zero-order chi connectivity index (χ0) is 13.1. The molecular formula is C14H21N3O. The van der Waals surface area contributed by atoms with Crippen molar-refractivity contribution in [2.24, 2.45) is 5.92 Å². The summed E-state index contributed by atoms with van der Waals surface area (Å²) >= 11 is 0. The molecule has 1 aromatic carbocycles. The van der Waals surface area contributed by atoms with E-state index in [9.17, 15) is 4.79 Å². The molecule has 98 valence electrons. The van der Waals surface area contributed by atoms with Gasteiger partial charge in [0.1, 0.15) is 0 Å². The quantitative estimate of drug-likeness (QED) is 0.764. The molecule has 18 heavy (non-hydrogen) atoms. The predicted molar refractivity (Wildman–Crippen MR) is 73.3 cm³/mol. The normalized spacial score (nSPS) is 23.3. The Bertz CT molecular complexity index is 431. The van der Waals surface area contributed by atoms with Crippen LogP contribution in [0, 0.1) is 5.92 Å². The summed E-state index contributed by atoms with van der Waals surface area (Å²) < 4.78 is 0. The molecule has 1 heterocycles. The number of rotatable bonds is 3. The number of amides is 1. The highest BCUT2D eigenvalue weighted by Gasteiger charge is 2.29. The van der Waals surface area contributed by atoms with Crippen molar-refractivity contribution in [3.8, 4) is 0 Å². The number of hydrazine groups is 1. The van der Waals surface area contributed by atoms with E-state index in [4.69, 9.17) is 0 Å². The summed E-state index contributed by atoms with van der Waals surface area (Å²) in [6.45, 7) is 6.98. The van der Waals surface area contributed by atoms with E-state index in [1.54, 1.807) is 0 Å². The zero-order valence-electron chi connectivity index (χ0n) is 11.2. The van der Waals surface area contributed by atoms with Crippen LogP contribution in [0.15, 0.2) is 24.3 Å². The summed E-state index contributed by atoms with van der Waals surface area (Å²) in [6.07, 6.45) is 0. The van der Waals surface area contributed by atoms with Crippen LogP contribution in [0.2, 0.25) is 0 Å². The number of nitrogens with one attached hydrogen (secondary N) is 3. The third-order valence-electron chi connectivity index (χ3n) is 3.41. The van der Waals surface area contributed by atoms with Gasteiger partial charge in [-0.1, -0.05) is 26.0 Å². The molecule has 1 aliphatic heterocycles. The van der Waals surface area contributed by atoms with Crippen molar-refractivity contribution < 1.29 is 4.79 Å². The minimum absolute atomic E-state index is 0.0206. The Balaban J connectivity index is 2.04. The molecule has 0 saturated carbocycles. The average Bonchev–Trinajstić information content (AvgIpc) is 2.76. The number of benzene rings is 1. The van der Waals surface area contributed by atoms with E-state index in [-0.39, 0.29) is 17.9 Å². The molecular weight excluding hydrogens is 226 g/mol. The highest BCUT2D eigenvalue weighted by atomic mass is 16.2. The number of carbonyl (C=O) groups excluding carboxylic acids is 1. The maximum Gasteiger partial charge on any atom is 0.230 e. The van der Waals surface area contributed by atoms with Crippen LogP contribution in [0.3, 0.4) is 0 Å². The lowest BCUT2D eigenvalue weighted by Crippen LogP contribution is -2.33. The van der Waals surface area contributed by atoms with Gasteiger partial charge in [0.15, 0.2) is 0 Å². The van der Waals surface area contributed by atoms with Gasteiger partial charge in [-0.3, -0.25) is 15.6 Å². The van der Waals surface area contributed by atoms with E-state index in [0.717, 1.165) is 5.69 Å². The number of anilines is 1. The van der Waals surface area contributed by atoms with Gasteiger partial charge in [0.25, 0.3) is 0 Å². The van der Waals surface area contributed by atoms with Crippen LogP contribution in [0.5, 0.6) is 0 Å². The molecule has 1 aliphatic rings. The van der Waals surface area contributed by atoms with Crippen LogP contribution >= 0.6 is 0 Å². The Morgan fingerprint density at radius 3 is 2.83 bits per heavy atom. The minimum atomic E-state index is -0.0206. The second-order valence-corrected chi connectivity index (χ2v) is 5.19. The van der Waals surface area contributed by atoms with Gasteiger partial charge in [-0.25, -0.2) is 0 Å². The molecule has 0 radical (unpaired) electrons. The second-order valence-electron chi connectivity index (χ2n) is 5.19. The van der Waals surface area contributed by atoms with Gasteiger partial charge in [-0.2, -0.15) is 0 Å². The van der Waals surface area contributed by atoms with E-state index in [1.165, 1.54) is 5.56 Å². The van der Waals surface area contributed by atoms with Crippen molar-refractivity contribution >= 4 is 11.6 Å². The average molecular weight is 247 g/mol. The van der Waals surface area contributed by atoms with Crippen molar-refractivity contribution in [1.82, 2.24) is 10.9 Å². The van der Waals surface area contributed by atoms with Gasteiger partial charge < -0.3 is 5.32 Å². The monoisotopic (exact) mass is 247 g/mol. The largest absolute Gasteiger partial charge is 0.326 e. The Hall–Kier alpha value is -1.39. The molecule has 1 fully saturated rings. The summed E-state index contributed by atoms with van der Waals surface area (Å²) in [6, 6.07) is 8.22. The first-order chi connectivity index (χ1) is 8.58. The van der Waals surface area contributed by atoms with Crippen LogP contribution in [0.25, 0.3) is 0 Å². The molecule has 4 heteroatoms. The van der Waals surface area contributed by atoms with Crippen LogP contribution in [0.4, 0.5) is 5.69 Å². The van der Waals surface area contributed by atoms with Gasteiger partial charge in [-0.15, -0.1) is 0 Å². The fourth-order valence-corrected chi connectivity index (χ4v) is 2.14. The van der Waals surface area contributed by atoms with Crippen molar-refractivity contribution in [3.05, 3.63) is 29.8 Å². The highest BCUT2D eigenvalue weighted by molar-refractivity contribution is 5.93. The maximum atomic E-state index is 12.1. The van der Waals surface area contributed by atoms with Crippen molar-refractivity contribution in [3.63, 3.8) is 0 Å². The van der Waals surface area contributed by atoms with Crippen LogP contribution in [0.1, 0.15) is 32.3 Å². The van der Waals surface area contributed by atoms with Gasteiger partial charge in [0.2, 0.25) is 5.91 Å². The number of hydrogen-bond acceptors (Lipinski definition) is 3. The molecule has 1 aromatic rings. The van der Waals surface area contributed by atoms with E-state index >= 15 is 0 Å². The molecule has 2 rings (SSSR count). The molecule has 0 spiro atoms. The molecule has 0 bridgehead atoms. The standard InChI is InChI=1S/C14H21N3O/c1-9(2)11-5-4-6-12(7-11)16-14(18)13-8-15-17-10(13)3/h4-7,9-10,13,15,17H,8H2,1-3H3,(H,16,18). The van der Waals surface area contributed by atoms with Crippen molar-refractivity contribution in [2.75, 3.05) is 11.9 Å². The van der Waals surface area contributed by atoms with Crippen LogP contribution in [-0.4, -0.2) is 18.5 Å². The summed E-state index contributed by atoms with van der Waals surface area (Å²) in [5.74, 6) is 0.518. The Morgan fingerprint density at radius 1 is 1.44 bits per heavy atom. The SMILES string of the molecule is CC(C)c1cccc(NC(=O)C2CNNC2C)c1. The van der Waals surface area contributed by atoms with Gasteiger partial charge in [0.05, 0.1) is 5.92 Å². The van der Waals surface area contributed by atoms with E-state index in [0.29, 0.717) is 12.5 Å². The first-order valence-corrected chi connectivity index (χ1v) is 6.47. The topological polar surface area (TPSA) is 53.2 Å².